The van der Waals surface area contributed by atoms with Crippen molar-refractivity contribution in [2.45, 2.75) is 121 Å². The molecule has 3 amide bonds. The second-order valence-corrected chi connectivity index (χ2v) is 18.3. The maximum Gasteiger partial charge on any atom is 0.408 e. The van der Waals surface area contributed by atoms with Crippen LogP contribution in [0.1, 0.15) is 73.1 Å². The van der Waals surface area contributed by atoms with Crippen LogP contribution in [0.2, 0.25) is 5.02 Å². The molecule has 17 heteroatoms. The Hall–Kier alpha value is -4.67. The zero-order chi connectivity index (χ0) is 41.7. The summed E-state index contributed by atoms with van der Waals surface area (Å²) in [7, 11) is 1.51. The van der Waals surface area contributed by atoms with Crippen molar-refractivity contribution in [3.05, 3.63) is 41.3 Å². The van der Waals surface area contributed by atoms with E-state index >= 15 is 0 Å². The minimum Gasteiger partial charge on any atom is -0.495 e. The summed E-state index contributed by atoms with van der Waals surface area (Å²) in [5.74, 6) is -2.07. The number of hydrogen-bond donors (Lipinski definition) is 4. The number of likely N-dealkylation sites (tertiary alicyclic amines) is 1. The normalized spacial score (nSPS) is 26.9. The van der Waals surface area contributed by atoms with Gasteiger partial charge in [0.15, 0.2) is 5.13 Å². The topological polar surface area (TPSA) is 191 Å². The fourth-order valence-corrected chi connectivity index (χ4v) is 9.33. The van der Waals surface area contributed by atoms with Gasteiger partial charge in [0, 0.05) is 48.1 Å². The Labute approximate surface area is 346 Å². The van der Waals surface area contributed by atoms with Crippen molar-refractivity contribution in [1.82, 2.24) is 25.5 Å². The Morgan fingerprint density at radius 3 is 2.43 bits per heavy atom. The number of aromatic nitrogens is 2. The van der Waals surface area contributed by atoms with Crippen molar-refractivity contribution in [2.24, 2.45) is 11.3 Å². The van der Waals surface area contributed by atoms with E-state index in [2.05, 4.69) is 22.5 Å². The molecule has 4 N–H and O–H groups in total. The zero-order valence-electron chi connectivity index (χ0n) is 33.5. The molecule has 5 heterocycles. The van der Waals surface area contributed by atoms with Crippen molar-refractivity contribution in [2.75, 3.05) is 19.0 Å². The van der Waals surface area contributed by atoms with Crippen molar-refractivity contribution in [3.8, 4) is 22.9 Å². The Morgan fingerprint density at radius 1 is 1.09 bits per heavy atom. The van der Waals surface area contributed by atoms with E-state index in [1.165, 1.54) is 29.4 Å². The molecule has 312 valence electrons. The number of halogens is 1. The van der Waals surface area contributed by atoms with Crippen LogP contribution in [-0.2, 0) is 23.9 Å². The largest absolute Gasteiger partial charge is 0.495 e. The van der Waals surface area contributed by atoms with Crippen LogP contribution < -0.4 is 25.4 Å². The molecule has 8 atom stereocenters. The number of pyridine rings is 1. The second-order valence-electron chi connectivity index (χ2n) is 17.0. The number of carboxylic acids is 1. The molecule has 15 nitrogen and oxygen atoms in total. The average Bonchev–Trinajstić information content (AvgIpc) is 3.42. The number of carboxylic acid groups (broad SMARTS) is 1. The molecule has 4 aliphatic rings. The number of rotatable bonds is 13. The number of carbonyl (C=O) groups excluding carboxylic acids is 3. The van der Waals surface area contributed by atoms with Crippen LogP contribution in [0, 0.1) is 11.3 Å². The van der Waals surface area contributed by atoms with Gasteiger partial charge in [0.05, 0.1) is 37.1 Å². The molecular formula is C41H51ClN6O9S. The number of nitrogens with zero attached hydrogens (tertiary/aromatic N) is 3. The molecule has 0 unspecified atom stereocenters. The minimum atomic E-state index is -1.54. The predicted molar refractivity (Wildman–Crippen MR) is 218 cm³/mol. The number of alkyl carbamates (subject to hydrolysis) is 1. The molecule has 3 aliphatic heterocycles. The molecule has 4 fully saturated rings. The van der Waals surface area contributed by atoms with E-state index < -0.39 is 58.9 Å². The van der Waals surface area contributed by atoms with Crippen molar-refractivity contribution in [1.29, 1.82) is 0 Å². The first-order chi connectivity index (χ1) is 27.5. The van der Waals surface area contributed by atoms with Gasteiger partial charge in [-0.1, -0.05) is 38.4 Å². The molecule has 3 aromatic rings. The van der Waals surface area contributed by atoms with Crippen molar-refractivity contribution >= 4 is 62.8 Å². The fraction of sp³-hybridized carbons (Fsp3) is 0.561. The van der Waals surface area contributed by atoms with Gasteiger partial charge >= 0.3 is 12.1 Å². The highest BCUT2D eigenvalue weighted by Crippen LogP contribution is 2.45. The van der Waals surface area contributed by atoms with Crippen LogP contribution in [0.15, 0.2) is 36.2 Å². The predicted octanol–water partition coefficient (Wildman–Crippen LogP) is 6.19. The van der Waals surface area contributed by atoms with E-state index in [1.54, 1.807) is 18.2 Å². The van der Waals surface area contributed by atoms with Crippen LogP contribution in [0.3, 0.4) is 0 Å². The van der Waals surface area contributed by atoms with Gasteiger partial charge < -0.3 is 44.9 Å². The Balaban J connectivity index is 1.20. The van der Waals surface area contributed by atoms with E-state index in [0.717, 1.165) is 12.8 Å². The van der Waals surface area contributed by atoms with E-state index in [9.17, 15) is 24.3 Å². The fourth-order valence-electron chi connectivity index (χ4n) is 8.20. The average molecular weight is 839 g/mol. The second kappa shape index (κ2) is 16.2. The summed E-state index contributed by atoms with van der Waals surface area (Å²) >= 11 is 8.25. The number of anilines is 1. The van der Waals surface area contributed by atoms with Gasteiger partial charge in [0.1, 0.15) is 52.0 Å². The van der Waals surface area contributed by atoms with E-state index in [4.69, 9.17) is 40.5 Å². The number of aliphatic carboxylic acids is 1. The number of methoxy groups -OCH3 is 1. The minimum absolute atomic E-state index is 0.0143. The molecule has 2 bridgehead atoms. The van der Waals surface area contributed by atoms with Crippen molar-refractivity contribution in [3.63, 3.8) is 0 Å². The first kappa shape index (κ1) is 41.5. The van der Waals surface area contributed by atoms with Gasteiger partial charge in [0.25, 0.3) is 0 Å². The summed E-state index contributed by atoms with van der Waals surface area (Å²) in [6.45, 7) is 13.1. The summed E-state index contributed by atoms with van der Waals surface area (Å²) < 4.78 is 23.9. The van der Waals surface area contributed by atoms with E-state index in [-0.39, 0.29) is 48.8 Å². The highest BCUT2D eigenvalue weighted by atomic mass is 35.5. The molecule has 2 aromatic heterocycles. The first-order valence-electron chi connectivity index (χ1n) is 19.7. The quantitative estimate of drug-likeness (QED) is 0.143. The lowest BCUT2D eigenvalue weighted by molar-refractivity contribution is -0.146. The van der Waals surface area contributed by atoms with Gasteiger partial charge in [-0.05, 0) is 50.7 Å². The number of carbonyl (C=O) groups is 4. The monoisotopic (exact) mass is 838 g/mol. The summed E-state index contributed by atoms with van der Waals surface area (Å²) in [5.41, 5.74) is -0.893. The van der Waals surface area contributed by atoms with E-state index in [0.29, 0.717) is 51.8 Å². The Kier molecular flexibility index (Phi) is 11.6. The highest BCUT2D eigenvalue weighted by molar-refractivity contribution is 7.14. The van der Waals surface area contributed by atoms with Crippen LogP contribution in [-0.4, -0.2) is 106 Å². The third-order valence-electron chi connectivity index (χ3n) is 11.3. The zero-order valence-corrected chi connectivity index (χ0v) is 35.1. The van der Waals surface area contributed by atoms with Crippen molar-refractivity contribution < 1.29 is 43.2 Å². The summed E-state index contributed by atoms with van der Waals surface area (Å²) in [6.07, 6.45) is 2.97. The molecule has 0 spiro atoms. The number of fused-ring (bicyclic) bond motifs is 3. The van der Waals surface area contributed by atoms with E-state index in [1.807, 2.05) is 40.0 Å². The Morgan fingerprint density at radius 2 is 1.81 bits per heavy atom. The molecule has 58 heavy (non-hydrogen) atoms. The van der Waals surface area contributed by atoms with Gasteiger partial charge in [-0.2, -0.15) is 0 Å². The maximum atomic E-state index is 14.7. The Bertz CT molecular complexity index is 2090. The number of amides is 3. The number of nitrogens with one attached hydrogen (secondary N) is 3. The lowest BCUT2D eigenvalue weighted by Crippen LogP contribution is -2.59. The van der Waals surface area contributed by atoms with Gasteiger partial charge in [-0.25, -0.2) is 19.6 Å². The summed E-state index contributed by atoms with van der Waals surface area (Å²) in [6, 6.07) is 3.12. The van der Waals surface area contributed by atoms with Crippen LogP contribution in [0.5, 0.6) is 11.5 Å². The summed E-state index contributed by atoms with van der Waals surface area (Å²) in [5, 5.41) is 22.4. The third kappa shape index (κ3) is 8.41. The standard InChI is InChI=1S/C41H51ClN6O9S/c1-8-21-17-41(21,37(51)52)47-35(49)29-15-25(18-48(29)36(50)34(40(4,5)6)46-39(53)57-24-13-22-9-10-23(14-24)55-22)56-31-16-27(28-19-58-38(45-28)43-20(2)3)44-33-26(31)11-12-30(54-7)32(33)42/h8,11-12,16,19-25,29,34H,1,9-10,13-15,17-18H2,2-7H3,(H,43,45)(H,46,53)(H,47,49)(H,51,52)/t21-,22-,23+,24+,25-,29+,34-,41-/m1/s1. The number of thiazole rings is 1. The number of benzene rings is 1. The molecule has 0 radical (unpaired) electrons. The molecule has 7 rings (SSSR count). The van der Waals surface area contributed by atoms with Crippen LogP contribution in [0.25, 0.3) is 22.3 Å². The SMILES string of the molecule is C=C[C@@H]1C[C@]1(NC(=O)[C@@H]1C[C@@H](Oc2cc(-c3csc(NC(C)C)n3)nc3c(Cl)c(OC)ccc23)CN1C(=O)[C@@H](NC(=O)O[C@H]1C[C@H]2CC[C@@H](C1)O2)C(C)(C)C)C(=O)O. The lowest BCUT2D eigenvalue weighted by Gasteiger charge is -2.36. The molecule has 1 aliphatic carbocycles. The molecule has 3 saturated heterocycles. The number of ether oxygens (including phenoxy) is 4. The van der Waals surface area contributed by atoms with Crippen LogP contribution >= 0.6 is 22.9 Å². The van der Waals surface area contributed by atoms with Gasteiger partial charge in [-0.15, -0.1) is 17.9 Å². The lowest BCUT2D eigenvalue weighted by atomic mass is 9.85. The third-order valence-corrected chi connectivity index (χ3v) is 12.4. The van der Waals surface area contributed by atoms with Gasteiger partial charge in [0.2, 0.25) is 11.8 Å². The molecule has 1 saturated carbocycles. The molecular weight excluding hydrogens is 788 g/mol. The van der Waals surface area contributed by atoms with Crippen LogP contribution in [0.4, 0.5) is 9.93 Å². The summed E-state index contributed by atoms with van der Waals surface area (Å²) in [4.78, 5) is 65.8. The maximum absolute atomic E-state index is 14.7. The molecule has 1 aromatic carbocycles. The smallest absolute Gasteiger partial charge is 0.408 e. The highest BCUT2D eigenvalue weighted by Gasteiger charge is 2.61. The van der Waals surface area contributed by atoms with Gasteiger partial charge in [-0.3, -0.25) is 9.59 Å². The first-order valence-corrected chi connectivity index (χ1v) is 20.9. The number of hydrogen-bond acceptors (Lipinski definition) is 12.